The number of hydrazone groups is 1. The molecule has 0 aromatic heterocycles. The van der Waals surface area contributed by atoms with Gasteiger partial charge in [-0.15, -0.1) is 0 Å². The van der Waals surface area contributed by atoms with E-state index in [9.17, 15) is 9.18 Å². The summed E-state index contributed by atoms with van der Waals surface area (Å²) in [5.41, 5.74) is 3.70. The largest absolute Gasteiger partial charge is 0.497 e. The van der Waals surface area contributed by atoms with E-state index in [0.29, 0.717) is 17.9 Å². The maximum Gasteiger partial charge on any atom is 0.257 e. The van der Waals surface area contributed by atoms with Crippen molar-refractivity contribution in [1.29, 1.82) is 0 Å². The first-order valence-corrected chi connectivity index (χ1v) is 12.9. The topological polar surface area (TPSA) is 57.6 Å². The van der Waals surface area contributed by atoms with Crippen molar-refractivity contribution in [2.45, 2.75) is 19.0 Å². The average molecular weight is 517 g/mol. The third kappa shape index (κ3) is 5.87. The third-order valence-corrected chi connectivity index (χ3v) is 7.22. The SMILES string of the molecule is COc1ccc(C2CC(c3ccc(F)cc3)=NN2C(=O)CN2CCN(Cc3ccccc3)CC2)c(OC)c1. The van der Waals surface area contributed by atoms with Crippen LogP contribution in [0.25, 0.3) is 0 Å². The summed E-state index contributed by atoms with van der Waals surface area (Å²) >= 11 is 0. The van der Waals surface area contributed by atoms with Gasteiger partial charge in [0.2, 0.25) is 0 Å². The molecule has 0 saturated carbocycles. The van der Waals surface area contributed by atoms with Gasteiger partial charge in [0.25, 0.3) is 5.91 Å². The Balaban J connectivity index is 1.31. The molecule has 5 rings (SSSR count). The Kier molecular flexibility index (Phi) is 8.00. The van der Waals surface area contributed by atoms with Crippen LogP contribution in [0.5, 0.6) is 11.5 Å². The predicted octanol–water partition coefficient (Wildman–Crippen LogP) is 4.34. The molecule has 3 aromatic carbocycles. The van der Waals surface area contributed by atoms with Gasteiger partial charge in [-0.25, -0.2) is 9.40 Å². The molecule has 1 fully saturated rings. The molecule has 0 spiro atoms. The van der Waals surface area contributed by atoms with E-state index in [1.54, 1.807) is 31.4 Å². The van der Waals surface area contributed by atoms with Crippen molar-refractivity contribution in [3.05, 3.63) is 95.3 Å². The number of amides is 1. The standard InChI is InChI=1S/C30H33FN4O3/c1-37-25-12-13-26(29(18-25)38-2)28-19-27(23-8-10-24(31)11-9-23)32-35(28)30(36)21-34-16-14-33(15-17-34)20-22-6-4-3-5-7-22/h3-13,18,28H,14-17,19-21H2,1-2H3. The molecule has 0 N–H and O–H groups in total. The Morgan fingerprint density at radius 2 is 1.63 bits per heavy atom. The Morgan fingerprint density at radius 1 is 0.921 bits per heavy atom. The average Bonchev–Trinajstić information content (AvgIpc) is 3.40. The molecule has 0 bridgehead atoms. The highest BCUT2D eigenvalue weighted by Gasteiger charge is 2.36. The van der Waals surface area contributed by atoms with Crippen LogP contribution in [-0.2, 0) is 11.3 Å². The third-order valence-electron chi connectivity index (χ3n) is 7.22. The molecule has 3 aromatic rings. The van der Waals surface area contributed by atoms with E-state index in [1.165, 1.54) is 17.7 Å². The van der Waals surface area contributed by atoms with E-state index in [0.717, 1.165) is 49.6 Å². The van der Waals surface area contributed by atoms with Gasteiger partial charge in [-0.3, -0.25) is 14.6 Å². The first kappa shape index (κ1) is 25.9. The summed E-state index contributed by atoms with van der Waals surface area (Å²) in [5, 5.41) is 6.34. The fraction of sp³-hybridized carbons (Fsp3) is 0.333. The van der Waals surface area contributed by atoms with Crippen molar-refractivity contribution in [2.24, 2.45) is 5.10 Å². The lowest BCUT2D eigenvalue weighted by atomic mass is 9.97. The van der Waals surface area contributed by atoms with E-state index in [1.807, 2.05) is 24.3 Å². The lowest BCUT2D eigenvalue weighted by Crippen LogP contribution is -2.49. The van der Waals surface area contributed by atoms with Crippen LogP contribution in [-0.4, -0.2) is 73.4 Å². The molecule has 38 heavy (non-hydrogen) atoms. The van der Waals surface area contributed by atoms with Crippen LogP contribution in [0, 0.1) is 5.82 Å². The second-order valence-corrected chi connectivity index (χ2v) is 9.66. The van der Waals surface area contributed by atoms with Crippen molar-refractivity contribution in [2.75, 3.05) is 46.9 Å². The summed E-state index contributed by atoms with van der Waals surface area (Å²) in [4.78, 5) is 18.3. The molecule has 1 amide bonds. The van der Waals surface area contributed by atoms with Crippen LogP contribution >= 0.6 is 0 Å². The molecule has 2 heterocycles. The van der Waals surface area contributed by atoms with Crippen LogP contribution in [0.1, 0.15) is 29.2 Å². The fourth-order valence-electron chi connectivity index (χ4n) is 5.10. The van der Waals surface area contributed by atoms with E-state index >= 15 is 0 Å². The number of halogens is 1. The molecule has 8 heteroatoms. The minimum Gasteiger partial charge on any atom is -0.497 e. The van der Waals surface area contributed by atoms with Gasteiger partial charge in [0.15, 0.2) is 0 Å². The van der Waals surface area contributed by atoms with E-state index in [4.69, 9.17) is 14.6 Å². The number of nitrogens with zero attached hydrogens (tertiary/aromatic N) is 4. The number of rotatable bonds is 8. The number of hydrogen-bond donors (Lipinski definition) is 0. The zero-order chi connectivity index (χ0) is 26.5. The Hall–Kier alpha value is -3.75. The Morgan fingerprint density at radius 3 is 2.32 bits per heavy atom. The quantitative estimate of drug-likeness (QED) is 0.446. The van der Waals surface area contributed by atoms with Gasteiger partial charge in [-0.05, 0) is 35.4 Å². The molecule has 2 aliphatic heterocycles. The van der Waals surface area contributed by atoms with Crippen LogP contribution in [0.15, 0.2) is 77.9 Å². The van der Waals surface area contributed by atoms with Crippen molar-refractivity contribution in [3.63, 3.8) is 0 Å². The number of hydrogen-bond acceptors (Lipinski definition) is 6. The lowest BCUT2D eigenvalue weighted by Gasteiger charge is -2.35. The predicted molar refractivity (Wildman–Crippen MR) is 145 cm³/mol. The highest BCUT2D eigenvalue weighted by atomic mass is 19.1. The maximum atomic E-state index is 13.7. The van der Waals surface area contributed by atoms with Crippen LogP contribution in [0.4, 0.5) is 4.39 Å². The number of piperazine rings is 1. The summed E-state index contributed by atoms with van der Waals surface area (Å²) in [6, 6.07) is 22.0. The summed E-state index contributed by atoms with van der Waals surface area (Å²) in [5.74, 6) is 0.938. The first-order chi connectivity index (χ1) is 18.5. The first-order valence-electron chi connectivity index (χ1n) is 12.9. The highest BCUT2D eigenvalue weighted by molar-refractivity contribution is 6.03. The summed E-state index contributed by atoms with van der Waals surface area (Å²) in [6.45, 7) is 4.65. The normalized spacial score (nSPS) is 18.3. The van der Waals surface area contributed by atoms with Crippen molar-refractivity contribution < 1.29 is 18.7 Å². The molecular formula is C30H33FN4O3. The van der Waals surface area contributed by atoms with Gasteiger partial charge < -0.3 is 9.47 Å². The molecular weight excluding hydrogens is 483 g/mol. The van der Waals surface area contributed by atoms with Gasteiger partial charge in [0.1, 0.15) is 17.3 Å². The monoisotopic (exact) mass is 516 g/mol. The van der Waals surface area contributed by atoms with Gasteiger partial charge in [0, 0.05) is 50.8 Å². The summed E-state index contributed by atoms with van der Waals surface area (Å²) in [7, 11) is 3.21. The van der Waals surface area contributed by atoms with Gasteiger partial charge >= 0.3 is 0 Å². The molecule has 0 aliphatic carbocycles. The Bertz CT molecular complexity index is 1270. The van der Waals surface area contributed by atoms with Crippen molar-refractivity contribution >= 4 is 11.6 Å². The molecule has 0 radical (unpaired) electrons. The van der Waals surface area contributed by atoms with Crippen LogP contribution in [0.3, 0.4) is 0 Å². The zero-order valence-corrected chi connectivity index (χ0v) is 21.8. The van der Waals surface area contributed by atoms with Crippen molar-refractivity contribution in [3.8, 4) is 11.5 Å². The molecule has 1 atom stereocenters. The Labute approximate surface area is 223 Å². The highest BCUT2D eigenvalue weighted by Crippen LogP contribution is 2.39. The van der Waals surface area contributed by atoms with E-state index < -0.39 is 0 Å². The number of carbonyl (C=O) groups excluding carboxylic acids is 1. The molecule has 7 nitrogen and oxygen atoms in total. The molecule has 1 saturated heterocycles. The second-order valence-electron chi connectivity index (χ2n) is 9.66. The van der Waals surface area contributed by atoms with Crippen LogP contribution < -0.4 is 9.47 Å². The summed E-state index contributed by atoms with van der Waals surface area (Å²) in [6.07, 6.45) is 0.505. The smallest absolute Gasteiger partial charge is 0.257 e. The van der Waals surface area contributed by atoms with Crippen molar-refractivity contribution in [1.82, 2.24) is 14.8 Å². The minimum absolute atomic E-state index is 0.0681. The van der Waals surface area contributed by atoms with E-state index in [-0.39, 0.29) is 24.3 Å². The van der Waals surface area contributed by atoms with Gasteiger partial charge in [0.05, 0.1) is 32.5 Å². The number of carbonyl (C=O) groups is 1. The number of benzene rings is 3. The zero-order valence-electron chi connectivity index (χ0n) is 21.8. The van der Waals surface area contributed by atoms with Crippen LogP contribution in [0.2, 0.25) is 0 Å². The molecule has 198 valence electrons. The minimum atomic E-state index is -0.331. The molecule has 1 unspecified atom stereocenters. The fourth-order valence-corrected chi connectivity index (χ4v) is 5.10. The number of methoxy groups -OCH3 is 2. The van der Waals surface area contributed by atoms with Gasteiger partial charge in [-0.1, -0.05) is 42.5 Å². The van der Waals surface area contributed by atoms with Gasteiger partial charge in [-0.2, -0.15) is 5.10 Å². The lowest BCUT2D eigenvalue weighted by molar-refractivity contribution is -0.134. The maximum absolute atomic E-state index is 13.7. The molecule has 2 aliphatic rings. The number of ether oxygens (including phenoxy) is 2. The summed E-state index contributed by atoms with van der Waals surface area (Å²) < 4.78 is 24.6. The second kappa shape index (κ2) is 11.8. The van der Waals surface area contributed by atoms with E-state index in [2.05, 4.69) is 34.1 Å².